The maximum Gasteiger partial charge on any atom is 0.352 e. The Morgan fingerprint density at radius 1 is 1.26 bits per heavy atom. The molecule has 0 aliphatic rings. The Bertz CT molecular complexity index is 691. The lowest BCUT2D eigenvalue weighted by molar-refractivity contribution is 0.0691. The molecule has 5 heteroatoms. The van der Waals surface area contributed by atoms with Crippen LogP contribution in [0.15, 0.2) is 42.6 Å². The summed E-state index contributed by atoms with van der Waals surface area (Å²) in [6.07, 6.45) is 2.12. The number of hydrogen-bond acceptors (Lipinski definition) is 2. The van der Waals surface area contributed by atoms with Crippen LogP contribution in [0.4, 0.5) is 0 Å². The molecule has 0 spiro atoms. The van der Waals surface area contributed by atoms with Crippen molar-refractivity contribution in [1.82, 2.24) is 10.3 Å². The van der Waals surface area contributed by atoms with Gasteiger partial charge in [-0.25, -0.2) is 4.79 Å². The summed E-state index contributed by atoms with van der Waals surface area (Å²) in [7, 11) is 0. The quantitative estimate of drug-likeness (QED) is 0.766. The van der Waals surface area contributed by atoms with E-state index in [0.29, 0.717) is 12.0 Å². The molecule has 0 saturated carbocycles. The standard InChI is InChI=1S/C18H22N2O3/c1-12(2)18(3,10-13-7-5-4-6-8-13)20-16(21)14-9-15(17(22)23)19-11-14/h4-9,11-12,19H,10H2,1-3H3,(H,20,21)(H,22,23). The fourth-order valence-corrected chi connectivity index (χ4v) is 2.39. The Kier molecular flexibility index (Phi) is 4.89. The highest BCUT2D eigenvalue weighted by atomic mass is 16.4. The van der Waals surface area contributed by atoms with Crippen molar-refractivity contribution in [2.45, 2.75) is 32.7 Å². The third-order valence-corrected chi connectivity index (χ3v) is 4.26. The highest BCUT2D eigenvalue weighted by molar-refractivity contribution is 5.97. The molecule has 2 aromatic rings. The van der Waals surface area contributed by atoms with Gasteiger partial charge < -0.3 is 15.4 Å². The number of aromatic amines is 1. The number of carboxylic acid groups (broad SMARTS) is 1. The second-order valence-corrected chi connectivity index (χ2v) is 6.30. The van der Waals surface area contributed by atoms with Crippen LogP contribution >= 0.6 is 0 Å². The lowest BCUT2D eigenvalue weighted by Gasteiger charge is -2.35. The number of rotatable bonds is 6. The number of H-pyrrole nitrogens is 1. The SMILES string of the molecule is CC(C)C(C)(Cc1ccccc1)NC(=O)c1c[nH]c(C(=O)O)c1. The Hall–Kier alpha value is -2.56. The van der Waals surface area contributed by atoms with Crippen LogP contribution in [0, 0.1) is 5.92 Å². The zero-order chi connectivity index (χ0) is 17.0. The van der Waals surface area contributed by atoms with E-state index in [1.54, 1.807) is 0 Å². The lowest BCUT2D eigenvalue weighted by Crippen LogP contribution is -2.51. The van der Waals surface area contributed by atoms with E-state index in [1.807, 2.05) is 37.3 Å². The van der Waals surface area contributed by atoms with Crippen molar-refractivity contribution in [1.29, 1.82) is 0 Å². The van der Waals surface area contributed by atoms with Gasteiger partial charge in [-0.1, -0.05) is 44.2 Å². The normalized spacial score (nSPS) is 13.6. The van der Waals surface area contributed by atoms with E-state index in [-0.39, 0.29) is 17.5 Å². The number of nitrogens with one attached hydrogen (secondary N) is 2. The number of amides is 1. The van der Waals surface area contributed by atoms with Crippen LogP contribution in [0.3, 0.4) is 0 Å². The van der Waals surface area contributed by atoms with Gasteiger partial charge in [0.05, 0.1) is 5.56 Å². The molecule has 0 radical (unpaired) electrons. The molecule has 0 aliphatic carbocycles. The first-order chi connectivity index (χ1) is 10.8. The fraction of sp³-hybridized carbons (Fsp3) is 0.333. The number of benzene rings is 1. The molecule has 1 aromatic carbocycles. The van der Waals surface area contributed by atoms with Crippen molar-refractivity contribution in [2.75, 3.05) is 0 Å². The second-order valence-electron chi connectivity index (χ2n) is 6.30. The Morgan fingerprint density at radius 3 is 2.43 bits per heavy atom. The van der Waals surface area contributed by atoms with Gasteiger partial charge in [0, 0.05) is 11.7 Å². The summed E-state index contributed by atoms with van der Waals surface area (Å²) in [6, 6.07) is 11.3. The van der Waals surface area contributed by atoms with Gasteiger partial charge >= 0.3 is 5.97 Å². The highest BCUT2D eigenvalue weighted by Gasteiger charge is 2.31. The molecule has 0 saturated heterocycles. The minimum atomic E-state index is -1.08. The summed E-state index contributed by atoms with van der Waals surface area (Å²) in [5.41, 5.74) is 1.04. The monoisotopic (exact) mass is 314 g/mol. The molecular formula is C18H22N2O3. The molecule has 1 atom stereocenters. The topological polar surface area (TPSA) is 82.2 Å². The van der Waals surface area contributed by atoms with Crippen LogP contribution in [0.2, 0.25) is 0 Å². The molecule has 2 rings (SSSR count). The predicted molar refractivity (Wildman–Crippen MR) is 88.6 cm³/mol. The Balaban J connectivity index is 2.17. The van der Waals surface area contributed by atoms with E-state index in [2.05, 4.69) is 24.1 Å². The number of carbonyl (C=O) groups is 2. The molecule has 23 heavy (non-hydrogen) atoms. The second kappa shape index (κ2) is 6.69. The molecule has 0 bridgehead atoms. The van der Waals surface area contributed by atoms with Gasteiger partial charge in [-0.2, -0.15) is 0 Å². The van der Waals surface area contributed by atoms with Crippen LogP contribution in [0.25, 0.3) is 0 Å². The van der Waals surface area contributed by atoms with Crippen LogP contribution in [0.1, 0.15) is 47.2 Å². The molecular weight excluding hydrogens is 292 g/mol. The molecule has 1 aromatic heterocycles. The summed E-state index contributed by atoms with van der Waals surface area (Å²) in [5.74, 6) is -1.15. The van der Waals surface area contributed by atoms with Gasteiger partial charge in [-0.05, 0) is 30.9 Å². The van der Waals surface area contributed by atoms with Crippen LogP contribution in [-0.2, 0) is 6.42 Å². The molecule has 5 nitrogen and oxygen atoms in total. The molecule has 1 heterocycles. The van der Waals surface area contributed by atoms with E-state index >= 15 is 0 Å². The van der Waals surface area contributed by atoms with E-state index < -0.39 is 11.5 Å². The zero-order valence-corrected chi connectivity index (χ0v) is 13.6. The Morgan fingerprint density at radius 2 is 1.91 bits per heavy atom. The van der Waals surface area contributed by atoms with Crippen molar-refractivity contribution >= 4 is 11.9 Å². The van der Waals surface area contributed by atoms with Crippen LogP contribution < -0.4 is 5.32 Å². The van der Waals surface area contributed by atoms with Crippen molar-refractivity contribution in [3.8, 4) is 0 Å². The Labute approximate surface area is 135 Å². The highest BCUT2D eigenvalue weighted by Crippen LogP contribution is 2.23. The van der Waals surface area contributed by atoms with Gasteiger partial charge in [-0.15, -0.1) is 0 Å². The average Bonchev–Trinajstić information content (AvgIpc) is 2.98. The maximum atomic E-state index is 12.5. The number of aromatic carboxylic acids is 1. The molecule has 0 aliphatic heterocycles. The van der Waals surface area contributed by atoms with Gasteiger partial charge in [0.1, 0.15) is 5.69 Å². The van der Waals surface area contributed by atoms with E-state index in [0.717, 1.165) is 5.56 Å². The molecule has 3 N–H and O–H groups in total. The third-order valence-electron chi connectivity index (χ3n) is 4.26. The van der Waals surface area contributed by atoms with Crippen molar-refractivity contribution < 1.29 is 14.7 Å². The van der Waals surface area contributed by atoms with Crippen molar-refractivity contribution in [3.63, 3.8) is 0 Å². The van der Waals surface area contributed by atoms with E-state index in [4.69, 9.17) is 5.11 Å². The number of carboxylic acids is 1. The minimum Gasteiger partial charge on any atom is -0.477 e. The van der Waals surface area contributed by atoms with Gasteiger partial charge in [0.25, 0.3) is 5.91 Å². The largest absolute Gasteiger partial charge is 0.477 e. The maximum absolute atomic E-state index is 12.5. The summed E-state index contributed by atoms with van der Waals surface area (Å²) >= 11 is 0. The number of hydrogen-bond donors (Lipinski definition) is 3. The summed E-state index contributed by atoms with van der Waals surface area (Å²) in [4.78, 5) is 26.0. The fourth-order valence-electron chi connectivity index (χ4n) is 2.39. The van der Waals surface area contributed by atoms with E-state index in [1.165, 1.54) is 12.3 Å². The van der Waals surface area contributed by atoms with Gasteiger partial charge in [-0.3, -0.25) is 4.79 Å². The minimum absolute atomic E-state index is 0.00413. The molecule has 0 fully saturated rings. The predicted octanol–water partition coefficient (Wildman–Crippen LogP) is 3.10. The zero-order valence-electron chi connectivity index (χ0n) is 13.6. The summed E-state index contributed by atoms with van der Waals surface area (Å²) in [5, 5.41) is 12.0. The first-order valence-corrected chi connectivity index (χ1v) is 7.60. The van der Waals surface area contributed by atoms with Crippen molar-refractivity contribution in [3.05, 3.63) is 59.4 Å². The first-order valence-electron chi connectivity index (χ1n) is 7.60. The summed E-state index contributed by atoms with van der Waals surface area (Å²) < 4.78 is 0. The number of carbonyl (C=O) groups excluding carboxylic acids is 1. The van der Waals surface area contributed by atoms with Gasteiger partial charge in [0.15, 0.2) is 0 Å². The number of aromatic nitrogens is 1. The lowest BCUT2D eigenvalue weighted by atomic mass is 9.82. The smallest absolute Gasteiger partial charge is 0.352 e. The first kappa shape index (κ1) is 16.8. The molecule has 1 amide bonds. The third kappa shape index (κ3) is 4.00. The molecule has 122 valence electrons. The molecule has 1 unspecified atom stereocenters. The van der Waals surface area contributed by atoms with Gasteiger partial charge in [0.2, 0.25) is 0 Å². The van der Waals surface area contributed by atoms with Crippen LogP contribution in [-0.4, -0.2) is 27.5 Å². The average molecular weight is 314 g/mol. The summed E-state index contributed by atoms with van der Waals surface area (Å²) in [6.45, 7) is 6.12. The van der Waals surface area contributed by atoms with E-state index in [9.17, 15) is 9.59 Å². The van der Waals surface area contributed by atoms with Crippen molar-refractivity contribution in [2.24, 2.45) is 5.92 Å². The van der Waals surface area contributed by atoms with Crippen LogP contribution in [0.5, 0.6) is 0 Å².